The van der Waals surface area contributed by atoms with Gasteiger partial charge in [-0.3, -0.25) is 4.99 Å². The lowest BCUT2D eigenvalue weighted by Crippen LogP contribution is -2.40. The summed E-state index contributed by atoms with van der Waals surface area (Å²) in [7, 11) is 1.82. The molecule has 0 atom stereocenters. The normalized spacial score (nSPS) is 11.1. The van der Waals surface area contributed by atoms with Gasteiger partial charge >= 0.3 is 0 Å². The van der Waals surface area contributed by atoms with Crippen LogP contribution in [0.5, 0.6) is 0 Å². The largest absolute Gasteiger partial charge is 0.356 e. The molecule has 0 saturated heterocycles. The molecule has 1 aromatic carbocycles. The van der Waals surface area contributed by atoms with Gasteiger partial charge in [-0.1, -0.05) is 57.0 Å². The highest BCUT2D eigenvalue weighted by Gasteiger charge is 2.04. The molecule has 20 heavy (non-hydrogen) atoms. The zero-order valence-corrected chi connectivity index (χ0v) is 15.2. The molecular weight excluding hydrogens is 361 g/mol. The van der Waals surface area contributed by atoms with Crippen molar-refractivity contribution in [1.29, 1.82) is 0 Å². The Morgan fingerprint density at radius 1 is 1.10 bits per heavy atom. The molecule has 3 nitrogen and oxygen atoms in total. The predicted molar refractivity (Wildman–Crippen MR) is 99.0 cm³/mol. The second kappa shape index (κ2) is 12.0. The van der Waals surface area contributed by atoms with Gasteiger partial charge in [-0.25, -0.2) is 0 Å². The van der Waals surface area contributed by atoms with E-state index in [0.29, 0.717) is 0 Å². The van der Waals surface area contributed by atoms with Gasteiger partial charge in [-0.2, -0.15) is 0 Å². The molecule has 0 aliphatic rings. The van der Waals surface area contributed by atoms with Gasteiger partial charge in [-0.15, -0.1) is 24.0 Å². The van der Waals surface area contributed by atoms with Crippen molar-refractivity contribution in [3.8, 4) is 0 Å². The maximum atomic E-state index is 4.25. The Kier molecular flexibility index (Phi) is 11.5. The van der Waals surface area contributed by atoms with Crippen LogP contribution in [0.2, 0.25) is 0 Å². The molecule has 1 aromatic rings. The topological polar surface area (TPSA) is 36.4 Å². The van der Waals surface area contributed by atoms with Crippen LogP contribution in [-0.4, -0.2) is 26.1 Å². The van der Waals surface area contributed by atoms with E-state index in [1.165, 1.54) is 18.4 Å². The molecule has 0 aliphatic carbocycles. The summed E-state index contributed by atoms with van der Waals surface area (Å²) in [5.41, 5.74) is 1.35. The van der Waals surface area contributed by atoms with Crippen molar-refractivity contribution in [2.45, 2.75) is 33.1 Å². The Hall–Kier alpha value is -0.780. The van der Waals surface area contributed by atoms with Crippen molar-refractivity contribution < 1.29 is 0 Å². The zero-order chi connectivity index (χ0) is 13.9. The molecule has 0 aliphatic heterocycles. The van der Waals surface area contributed by atoms with Gasteiger partial charge in [0.15, 0.2) is 5.96 Å². The Morgan fingerprint density at radius 2 is 1.75 bits per heavy atom. The van der Waals surface area contributed by atoms with E-state index in [1.807, 2.05) is 13.1 Å². The molecule has 0 saturated carbocycles. The fourth-order valence-electron chi connectivity index (χ4n) is 2.01. The average Bonchev–Trinajstić information content (AvgIpc) is 2.47. The number of nitrogens with one attached hydrogen (secondary N) is 2. The summed E-state index contributed by atoms with van der Waals surface area (Å²) in [5, 5.41) is 6.76. The van der Waals surface area contributed by atoms with Gasteiger partial charge in [-0.05, 0) is 17.9 Å². The summed E-state index contributed by atoms with van der Waals surface area (Å²) in [6.45, 7) is 6.38. The molecular formula is C16H28IN3. The van der Waals surface area contributed by atoms with Crippen molar-refractivity contribution >= 4 is 29.9 Å². The lowest BCUT2D eigenvalue weighted by molar-refractivity contribution is 0.481. The van der Waals surface area contributed by atoms with Crippen LogP contribution in [0.3, 0.4) is 0 Å². The summed E-state index contributed by atoms with van der Waals surface area (Å²) >= 11 is 0. The Balaban J connectivity index is 0.00000361. The maximum Gasteiger partial charge on any atom is 0.190 e. The minimum Gasteiger partial charge on any atom is -0.356 e. The molecule has 2 N–H and O–H groups in total. The standard InChI is InChI=1S/C16H27N3.HI/c1-4-14(5-2)13-19-16(17-3)18-12-11-15-9-7-6-8-10-15;/h6-10,14H,4-5,11-13H2,1-3H3,(H2,17,18,19);1H. The fourth-order valence-corrected chi connectivity index (χ4v) is 2.01. The van der Waals surface area contributed by atoms with E-state index in [0.717, 1.165) is 31.4 Å². The quantitative estimate of drug-likeness (QED) is 0.426. The smallest absolute Gasteiger partial charge is 0.190 e. The van der Waals surface area contributed by atoms with E-state index >= 15 is 0 Å². The zero-order valence-electron chi connectivity index (χ0n) is 12.9. The highest BCUT2D eigenvalue weighted by Crippen LogP contribution is 2.04. The van der Waals surface area contributed by atoms with E-state index < -0.39 is 0 Å². The van der Waals surface area contributed by atoms with Crippen molar-refractivity contribution in [3.63, 3.8) is 0 Å². The van der Waals surface area contributed by atoms with Crippen LogP contribution in [-0.2, 0) is 6.42 Å². The predicted octanol–water partition coefficient (Wildman–Crippen LogP) is 3.45. The summed E-state index contributed by atoms with van der Waals surface area (Å²) in [6.07, 6.45) is 3.45. The first-order valence-corrected chi connectivity index (χ1v) is 7.28. The van der Waals surface area contributed by atoms with Crippen molar-refractivity contribution in [3.05, 3.63) is 35.9 Å². The molecule has 0 amide bonds. The number of hydrogen-bond donors (Lipinski definition) is 2. The van der Waals surface area contributed by atoms with Gasteiger partial charge in [0.25, 0.3) is 0 Å². The number of hydrogen-bond acceptors (Lipinski definition) is 1. The number of rotatable bonds is 7. The molecule has 0 spiro atoms. The van der Waals surface area contributed by atoms with E-state index in [2.05, 4.69) is 53.7 Å². The fraction of sp³-hybridized carbons (Fsp3) is 0.562. The average molecular weight is 389 g/mol. The third-order valence-electron chi connectivity index (χ3n) is 3.49. The molecule has 0 heterocycles. The first kappa shape index (κ1) is 19.2. The van der Waals surface area contributed by atoms with Gasteiger partial charge in [0.2, 0.25) is 0 Å². The van der Waals surface area contributed by atoms with Crippen molar-refractivity contribution in [2.24, 2.45) is 10.9 Å². The lowest BCUT2D eigenvalue weighted by atomic mass is 10.0. The summed E-state index contributed by atoms with van der Waals surface area (Å²) < 4.78 is 0. The lowest BCUT2D eigenvalue weighted by Gasteiger charge is -2.16. The van der Waals surface area contributed by atoms with Gasteiger partial charge in [0, 0.05) is 20.1 Å². The highest BCUT2D eigenvalue weighted by atomic mass is 127. The molecule has 0 fully saturated rings. The first-order valence-electron chi connectivity index (χ1n) is 7.28. The monoisotopic (exact) mass is 389 g/mol. The van der Waals surface area contributed by atoms with Gasteiger partial charge < -0.3 is 10.6 Å². The number of benzene rings is 1. The van der Waals surface area contributed by atoms with Crippen LogP contribution in [0, 0.1) is 5.92 Å². The Bertz CT molecular complexity index is 361. The molecule has 0 radical (unpaired) electrons. The van der Waals surface area contributed by atoms with E-state index in [4.69, 9.17) is 0 Å². The summed E-state index contributed by atoms with van der Waals surface area (Å²) in [6, 6.07) is 10.5. The minimum absolute atomic E-state index is 0. The Morgan fingerprint density at radius 3 is 2.30 bits per heavy atom. The Labute approximate surface area is 140 Å². The number of guanidine groups is 1. The first-order chi connectivity index (χ1) is 9.30. The highest BCUT2D eigenvalue weighted by molar-refractivity contribution is 14.0. The second-order valence-corrected chi connectivity index (χ2v) is 4.80. The SMILES string of the molecule is CCC(CC)CNC(=NC)NCCc1ccccc1.I. The molecule has 0 unspecified atom stereocenters. The van der Waals surface area contributed by atoms with Crippen LogP contribution in [0.4, 0.5) is 0 Å². The molecule has 0 bridgehead atoms. The van der Waals surface area contributed by atoms with Crippen molar-refractivity contribution in [1.82, 2.24) is 10.6 Å². The van der Waals surface area contributed by atoms with Crippen LogP contribution >= 0.6 is 24.0 Å². The van der Waals surface area contributed by atoms with Crippen molar-refractivity contribution in [2.75, 3.05) is 20.1 Å². The van der Waals surface area contributed by atoms with Gasteiger partial charge in [0.05, 0.1) is 0 Å². The molecule has 114 valence electrons. The minimum atomic E-state index is 0. The second-order valence-electron chi connectivity index (χ2n) is 4.80. The molecule has 1 rings (SSSR count). The van der Waals surface area contributed by atoms with Crippen LogP contribution in [0.1, 0.15) is 32.3 Å². The molecule has 4 heteroatoms. The molecule has 0 aromatic heterocycles. The summed E-state index contributed by atoms with van der Waals surface area (Å²) in [5.74, 6) is 1.63. The third-order valence-corrected chi connectivity index (χ3v) is 3.49. The number of aliphatic imine (C=N–C) groups is 1. The van der Waals surface area contributed by atoms with Crippen LogP contribution in [0.25, 0.3) is 0 Å². The number of halogens is 1. The van der Waals surface area contributed by atoms with E-state index in [9.17, 15) is 0 Å². The van der Waals surface area contributed by atoms with Crippen LogP contribution < -0.4 is 10.6 Å². The summed E-state index contributed by atoms with van der Waals surface area (Å²) in [4.78, 5) is 4.25. The van der Waals surface area contributed by atoms with Gasteiger partial charge in [0.1, 0.15) is 0 Å². The van der Waals surface area contributed by atoms with E-state index in [1.54, 1.807) is 0 Å². The number of nitrogens with zero attached hydrogens (tertiary/aromatic N) is 1. The van der Waals surface area contributed by atoms with E-state index in [-0.39, 0.29) is 24.0 Å². The van der Waals surface area contributed by atoms with Crippen LogP contribution in [0.15, 0.2) is 35.3 Å². The third kappa shape index (κ3) is 7.72. The maximum absolute atomic E-state index is 4.25.